The van der Waals surface area contributed by atoms with Gasteiger partial charge in [-0.15, -0.1) is 0 Å². The molecule has 0 amide bonds. The Hall–Kier alpha value is -0.500. The second kappa shape index (κ2) is 2.18. The molecule has 2 N–H and O–H groups in total. The van der Waals surface area contributed by atoms with Crippen molar-refractivity contribution in [2.24, 2.45) is 5.73 Å². The maximum Gasteiger partial charge on any atom is 0.108 e. The van der Waals surface area contributed by atoms with E-state index in [0.29, 0.717) is 0 Å². The van der Waals surface area contributed by atoms with Gasteiger partial charge in [-0.2, -0.15) is 0 Å². The van der Waals surface area contributed by atoms with Gasteiger partial charge in [-0.05, 0) is 18.9 Å². The predicted molar refractivity (Wildman–Crippen MR) is 32.3 cm³/mol. The Morgan fingerprint density at radius 2 is 2.62 bits per heavy atom. The van der Waals surface area contributed by atoms with Crippen LogP contribution in [0, 0.1) is 0 Å². The molecule has 0 bridgehead atoms. The molecule has 8 heavy (non-hydrogen) atoms. The third kappa shape index (κ3) is 0.842. The molecule has 0 radical (unpaired) electrons. The van der Waals surface area contributed by atoms with Crippen LogP contribution in [0.3, 0.4) is 0 Å². The number of rotatable bonds is 1. The van der Waals surface area contributed by atoms with Crippen molar-refractivity contribution < 1.29 is 4.74 Å². The topological polar surface area (TPSA) is 35.2 Å². The Bertz CT molecular complexity index is 109. The molecule has 0 aromatic carbocycles. The van der Waals surface area contributed by atoms with E-state index in [1.807, 2.05) is 6.08 Å². The third-order valence-electron chi connectivity index (χ3n) is 1.42. The van der Waals surface area contributed by atoms with E-state index in [1.165, 1.54) is 0 Å². The Labute approximate surface area is 49.3 Å². The molecule has 2 nitrogen and oxygen atoms in total. The first-order valence-electron chi connectivity index (χ1n) is 2.84. The Morgan fingerprint density at radius 3 is 2.88 bits per heavy atom. The standard InChI is InChI=1S/C6H11NO/c1-8-6-4-2-3-5(6)7/h4-5H,2-3,7H2,1H3/t5-/m1/s1. The fraction of sp³-hybridized carbons (Fsp3) is 0.667. The van der Waals surface area contributed by atoms with Crippen LogP contribution in [0.1, 0.15) is 12.8 Å². The Morgan fingerprint density at radius 1 is 1.88 bits per heavy atom. The highest BCUT2D eigenvalue weighted by molar-refractivity contribution is 5.08. The molecule has 0 fully saturated rings. The first kappa shape index (κ1) is 5.63. The highest BCUT2D eigenvalue weighted by atomic mass is 16.5. The molecular weight excluding hydrogens is 102 g/mol. The number of hydrogen-bond acceptors (Lipinski definition) is 2. The van der Waals surface area contributed by atoms with E-state index in [-0.39, 0.29) is 6.04 Å². The van der Waals surface area contributed by atoms with Crippen molar-refractivity contribution in [3.63, 3.8) is 0 Å². The summed E-state index contributed by atoms with van der Waals surface area (Å²) in [5.41, 5.74) is 5.60. The van der Waals surface area contributed by atoms with Gasteiger partial charge in [0.15, 0.2) is 0 Å². The lowest BCUT2D eigenvalue weighted by Crippen LogP contribution is -2.19. The summed E-state index contributed by atoms with van der Waals surface area (Å²) >= 11 is 0. The SMILES string of the molecule is COC1=CCC[C@H]1N. The van der Waals surface area contributed by atoms with Crippen LogP contribution in [0.5, 0.6) is 0 Å². The number of ether oxygens (including phenoxy) is 1. The van der Waals surface area contributed by atoms with Gasteiger partial charge < -0.3 is 10.5 Å². The molecular formula is C6H11NO. The maximum atomic E-state index is 5.60. The zero-order valence-electron chi connectivity index (χ0n) is 5.05. The first-order valence-corrected chi connectivity index (χ1v) is 2.84. The lowest BCUT2D eigenvalue weighted by atomic mass is 10.3. The summed E-state index contributed by atoms with van der Waals surface area (Å²) in [5.74, 6) is 0.949. The zero-order valence-corrected chi connectivity index (χ0v) is 5.05. The lowest BCUT2D eigenvalue weighted by molar-refractivity contribution is 0.270. The van der Waals surface area contributed by atoms with Crippen LogP contribution in [0.15, 0.2) is 11.8 Å². The first-order chi connectivity index (χ1) is 3.84. The molecule has 2 heteroatoms. The van der Waals surface area contributed by atoms with Crippen molar-refractivity contribution in [2.45, 2.75) is 18.9 Å². The van der Waals surface area contributed by atoms with Gasteiger partial charge in [0.25, 0.3) is 0 Å². The molecule has 0 spiro atoms. The van der Waals surface area contributed by atoms with Crippen molar-refractivity contribution in [1.82, 2.24) is 0 Å². The lowest BCUT2D eigenvalue weighted by Gasteiger charge is -2.05. The number of methoxy groups -OCH3 is 1. The zero-order chi connectivity index (χ0) is 5.98. The summed E-state index contributed by atoms with van der Waals surface area (Å²) in [4.78, 5) is 0. The molecule has 0 saturated carbocycles. The minimum Gasteiger partial charge on any atom is -0.500 e. The number of allylic oxidation sites excluding steroid dienone is 1. The largest absolute Gasteiger partial charge is 0.500 e. The molecule has 1 aliphatic rings. The monoisotopic (exact) mass is 113 g/mol. The van der Waals surface area contributed by atoms with Crippen molar-refractivity contribution in [2.75, 3.05) is 7.11 Å². The Kier molecular flexibility index (Phi) is 1.53. The third-order valence-corrected chi connectivity index (χ3v) is 1.42. The summed E-state index contributed by atoms with van der Waals surface area (Å²) in [5, 5.41) is 0. The average Bonchev–Trinajstić information content (AvgIpc) is 2.14. The van der Waals surface area contributed by atoms with Crippen LogP contribution in [0.2, 0.25) is 0 Å². The normalized spacial score (nSPS) is 27.8. The van der Waals surface area contributed by atoms with Gasteiger partial charge in [0, 0.05) is 0 Å². The minimum atomic E-state index is 0.167. The fourth-order valence-corrected chi connectivity index (χ4v) is 0.933. The fourth-order valence-electron chi connectivity index (χ4n) is 0.933. The van der Waals surface area contributed by atoms with E-state index in [2.05, 4.69) is 0 Å². The van der Waals surface area contributed by atoms with Gasteiger partial charge in [0.1, 0.15) is 5.76 Å². The summed E-state index contributed by atoms with van der Waals surface area (Å²) in [6, 6.07) is 0.167. The van der Waals surface area contributed by atoms with Gasteiger partial charge >= 0.3 is 0 Å². The van der Waals surface area contributed by atoms with Crippen molar-refractivity contribution in [3.8, 4) is 0 Å². The van der Waals surface area contributed by atoms with E-state index >= 15 is 0 Å². The molecule has 0 aromatic rings. The molecule has 0 heterocycles. The smallest absolute Gasteiger partial charge is 0.108 e. The molecule has 0 aliphatic heterocycles. The summed E-state index contributed by atoms with van der Waals surface area (Å²) < 4.78 is 4.96. The van der Waals surface area contributed by atoms with Gasteiger partial charge in [0.05, 0.1) is 13.2 Å². The summed E-state index contributed by atoms with van der Waals surface area (Å²) in [7, 11) is 1.66. The number of hydrogen-bond donors (Lipinski definition) is 1. The van der Waals surface area contributed by atoms with E-state index in [9.17, 15) is 0 Å². The molecule has 1 atom stereocenters. The van der Waals surface area contributed by atoms with Crippen molar-refractivity contribution in [3.05, 3.63) is 11.8 Å². The van der Waals surface area contributed by atoms with E-state index in [4.69, 9.17) is 10.5 Å². The minimum absolute atomic E-state index is 0.167. The van der Waals surface area contributed by atoms with Crippen molar-refractivity contribution in [1.29, 1.82) is 0 Å². The second-order valence-electron chi connectivity index (χ2n) is 1.99. The molecule has 0 aromatic heterocycles. The van der Waals surface area contributed by atoms with E-state index in [1.54, 1.807) is 7.11 Å². The van der Waals surface area contributed by atoms with Gasteiger partial charge in [-0.25, -0.2) is 0 Å². The van der Waals surface area contributed by atoms with Crippen LogP contribution in [0.4, 0.5) is 0 Å². The molecule has 1 rings (SSSR count). The molecule has 1 aliphatic carbocycles. The van der Waals surface area contributed by atoms with Crippen LogP contribution < -0.4 is 5.73 Å². The van der Waals surface area contributed by atoms with Crippen molar-refractivity contribution >= 4 is 0 Å². The second-order valence-corrected chi connectivity index (χ2v) is 1.99. The summed E-state index contributed by atoms with van der Waals surface area (Å²) in [6.07, 6.45) is 4.16. The van der Waals surface area contributed by atoms with Crippen LogP contribution in [-0.4, -0.2) is 13.2 Å². The highest BCUT2D eigenvalue weighted by Crippen LogP contribution is 2.16. The van der Waals surface area contributed by atoms with Gasteiger partial charge in [-0.1, -0.05) is 0 Å². The van der Waals surface area contributed by atoms with Crippen LogP contribution in [0.25, 0.3) is 0 Å². The number of nitrogens with two attached hydrogens (primary N) is 1. The van der Waals surface area contributed by atoms with Gasteiger partial charge in [0.2, 0.25) is 0 Å². The van der Waals surface area contributed by atoms with E-state index < -0.39 is 0 Å². The Balaban J connectivity index is 2.49. The molecule has 46 valence electrons. The van der Waals surface area contributed by atoms with Crippen LogP contribution >= 0.6 is 0 Å². The van der Waals surface area contributed by atoms with E-state index in [0.717, 1.165) is 18.6 Å². The maximum absolute atomic E-state index is 5.60. The average molecular weight is 113 g/mol. The summed E-state index contributed by atoms with van der Waals surface area (Å²) in [6.45, 7) is 0. The molecule has 0 unspecified atom stereocenters. The molecule has 0 saturated heterocycles. The van der Waals surface area contributed by atoms with Gasteiger partial charge in [-0.3, -0.25) is 0 Å². The quantitative estimate of drug-likeness (QED) is 0.541. The predicted octanol–water partition coefficient (Wildman–Crippen LogP) is 0.638. The van der Waals surface area contributed by atoms with Crippen LogP contribution in [-0.2, 0) is 4.74 Å². The highest BCUT2D eigenvalue weighted by Gasteiger charge is 2.13.